The van der Waals surface area contributed by atoms with Gasteiger partial charge >= 0.3 is 0 Å². The number of hydrogen-bond acceptors (Lipinski definition) is 4. The van der Waals surface area contributed by atoms with Gasteiger partial charge in [0.15, 0.2) is 0 Å². The molecule has 0 spiro atoms. The van der Waals surface area contributed by atoms with Gasteiger partial charge in [-0.25, -0.2) is 0 Å². The fourth-order valence-corrected chi connectivity index (χ4v) is 2.51. The summed E-state index contributed by atoms with van der Waals surface area (Å²) in [5, 5.41) is 5.82. The lowest BCUT2D eigenvalue weighted by Crippen LogP contribution is -2.44. The van der Waals surface area contributed by atoms with E-state index < -0.39 is 0 Å². The van der Waals surface area contributed by atoms with Gasteiger partial charge in [0, 0.05) is 0 Å². The van der Waals surface area contributed by atoms with Crippen molar-refractivity contribution in [2.75, 3.05) is 35.7 Å². The normalized spacial score (nSPS) is 13.1. The Morgan fingerprint density at radius 3 is 2.78 bits per heavy atom. The van der Waals surface area contributed by atoms with Gasteiger partial charge < -0.3 is 15.4 Å². The average molecular weight is 311 g/mol. The van der Waals surface area contributed by atoms with E-state index in [1.165, 1.54) is 4.90 Å². The van der Waals surface area contributed by atoms with Crippen LogP contribution in [0.15, 0.2) is 48.5 Å². The number of nitrogens with zero attached hydrogens (tertiary/aromatic N) is 1. The zero-order valence-electron chi connectivity index (χ0n) is 12.7. The molecule has 0 aliphatic carbocycles. The van der Waals surface area contributed by atoms with E-state index in [0.29, 0.717) is 17.1 Å². The van der Waals surface area contributed by atoms with Crippen molar-refractivity contribution in [1.29, 1.82) is 0 Å². The number of rotatable bonds is 4. The number of nitrogens with one attached hydrogen (secondary N) is 2. The molecular weight excluding hydrogens is 294 g/mol. The molecule has 0 unspecified atom stereocenters. The number of ether oxygens (including phenoxy) is 1. The van der Waals surface area contributed by atoms with Gasteiger partial charge in [0.25, 0.3) is 0 Å². The second-order valence-electron chi connectivity index (χ2n) is 5.10. The Morgan fingerprint density at radius 2 is 1.96 bits per heavy atom. The third-order valence-electron chi connectivity index (χ3n) is 3.61. The van der Waals surface area contributed by atoms with Gasteiger partial charge in [0.05, 0.1) is 30.7 Å². The van der Waals surface area contributed by atoms with Crippen LogP contribution in [0.2, 0.25) is 0 Å². The predicted octanol–water partition coefficient (Wildman–Crippen LogP) is 2.09. The van der Waals surface area contributed by atoms with Crippen molar-refractivity contribution in [1.82, 2.24) is 0 Å². The number of methoxy groups -OCH3 is 1. The molecule has 0 saturated carbocycles. The van der Waals surface area contributed by atoms with Crippen LogP contribution in [0.4, 0.5) is 17.1 Å². The average Bonchev–Trinajstić information content (AvgIpc) is 2.58. The van der Waals surface area contributed by atoms with E-state index in [1.807, 2.05) is 36.4 Å². The van der Waals surface area contributed by atoms with E-state index in [0.717, 1.165) is 5.69 Å². The van der Waals surface area contributed by atoms with E-state index in [1.54, 1.807) is 19.2 Å². The maximum absolute atomic E-state index is 12.3. The first-order valence-corrected chi connectivity index (χ1v) is 7.25. The largest absolute Gasteiger partial charge is 0.495 e. The van der Waals surface area contributed by atoms with Crippen LogP contribution in [-0.4, -0.2) is 32.0 Å². The summed E-state index contributed by atoms with van der Waals surface area (Å²) in [7, 11) is 1.54. The molecule has 6 heteroatoms. The van der Waals surface area contributed by atoms with E-state index in [9.17, 15) is 9.59 Å². The molecule has 0 saturated heterocycles. The molecule has 3 rings (SSSR count). The second-order valence-corrected chi connectivity index (χ2v) is 5.10. The number of carbonyl (C=O) groups excluding carboxylic acids is 2. The molecule has 1 aliphatic heterocycles. The quantitative estimate of drug-likeness (QED) is 0.907. The van der Waals surface area contributed by atoms with E-state index in [2.05, 4.69) is 10.6 Å². The number of benzene rings is 2. The lowest BCUT2D eigenvalue weighted by Gasteiger charge is -2.29. The monoisotopic (exact) mass is 311 g/mol. The highest BCUT2D eigenvalue weighted by Gasteiger charge is 2.25. The SMILES string of the molecule is COc1ccccc1NC(=O)CN1C(=O)CNc2ccccc21. The molecular formula is C17H17N3O3. The highest BCUT2D eigenvalue weighted by Crippen LogP contribution is 2.29. The first-order valence-electron chi connectivity index (χ1n) is 7.25. The molecule has 2 aromatic rings. The molecule has 118 valence electrons. The van der Waals surface area contributed by atoms with Crippen LogP contribution in [0, 0.1) is 0 Å². The summed E-state index contributed by atoms with van der Waals surface area (Å²) in [5.41, 5.74) is 2.13. The van der Waals surface area contributed by atoms with Crippen molar-refractivity contribution in [3.8, 4) is 5.75 Å². The summed E-state index contributed by atoms with van der Waals surface area (Å²) in [6, 6.07) is 14.6. The Labute approximate surface area is 134 Å². The highest BCUT2D eigenvalue weighted by molar-refractivity contribution is 6.08. The zero-order chi connectivity index (χ0) is 16.2. The van der Waals surface area contributed by atoms with Gasteiger partial charge in [-0.15, -0.1) is 0 Å². The lowest BCUT2D eigenvalue weighted by atomic mass is 10.2. The topological polar surface area (TPSA) is 70.7 Å². The standard InChI is InChI=1S/C17H17N3O3/c1-23-15-9-5-3-7-13(15)19-16(21)11-20-14-8-4-2-6-12(14)18-10-17(20)22/h2-9,18H,10-11H2,1H3,(H,19,21). The van der Waals surface area contributed by atoms with Crippen LogP contribution >= 0.6 is 0 Å². The Morgan fingerprint density at radius 1 is 1.22 bits per heavy atom. The van der Waals surface area contributed by atoms with Gasteiger partial charge in [0.1, 0.15) is 12.3 Å². The minimum absolute atomic E-state index is 0.0461. The zero-order valence-corrected chi connectivity index (χ0v) is 12.7. The molecule has 23 heavy (non-hydrogen) atoms. The van der Waals surface area contributed by atoms with Gasteiger partial charge in [-0.1, -0.05) is 24.3 Å². The Kier molecular flexibility index (Phi) is 4.14. The number of hydrogen-bond donors (Lipinski definition) is 2. The van der Waals surface area contributed by atoms with Crippen molar-refractivity contribution >= 4 is 28.9 Å². The van der Waals surface area contributed by atoms with Crippen LogP contribution in [0.1, 0.15) is 0 Å². The summed E-state index contributed by atoms with van der Waals surface area (Å²) in [4.78, 5) is 25.9. The summed E-state index contributed by atoms with van der Waals surface area (Å²) in [6.45, 7) is 0.133. The number of carbonyl (C=O) groups is 2. The van der Waals surface area contributed by atoms with E-state index in [-0.39, 0.29) is 24.9 Å². The Bertz CT molecular complexity index is 745. The summed E-state index contributed by atoms with van der Waals surface area (Å²) < 4.78 is 5.21. The van der Waals surface area contributed by atoms with Crippen molar-refractivity contribution in [3.05, 3.63) is 48.5 Å². The number of anilines is 3. The molecule has 2 N–H and O–H groups in total. The lowest BCUT2D eigenvalue weighted by molar-refractivity contribution is -0.120. The number of fused-ring (bicyclic) bond motifs is 1. The van der Waals surface area contributed by atoms with Gasteiger partial charge in [-0.05, 0) is 24.3 Å². The van der Waals surface area contributed by atoms with E-state index >= 15 is 0 Å². The van der Waals surface area contributed by atoms with Crippen LogP contribution in [0.3, 0.4) is 0 Å². The molecule has 6 nitrogen and oxygen atoms in total. The summed E-state index contributed by atoms with van der Waals surface area (Å²) in [5.74, 6) is 0.159. The highest BCUT2D eigenvalue weighted by atomic mass is 16.5. The number of amides is 2. The van der Waals surface area contributed by atoms with Crippen molar-refractivity contribution in [2.45, 2.75) is 0 Å². The fraction of sp³-hybridized carbons (Fsp3) is 0.176. The van der Waals surface area contributed by atoms with Gasteiger partial charge in [-0.2, -0.15) is 0 Å². The van der Waals surface area contributed by atoms with Crippen LogP contribution in [0.25, 0.3) is 0 Å². The molecule has 0 radical (unpaired) electrons. The van der Waals surface area contributed by atoms with Crippen LogP contribution in [0.5, 0.6) is 5.75 Å². The van der Waals surface area contributed by atoms with Crippen molar-refractivity contribution in [3.63, 3.8) is 0 Å². The maximum atomic E-state index is 12.3. The third-order valence-corrected chi connectivity index (χ3v) is 3.61. The molecule has 2 aromatic carbocycles. The van der Waals surface area contributed by atoms with Crippen molar-refractivity contribution in [2.24, 2.45) is 0 Å². The molecule has 1 heterocycles. The summed E-state index contributed by atoms with van der Waals surface area (Å²) >= 11 is 0. The molecule has 0 bridgehead atoms. The maximum Gasteiger partial charge on any atom is 0.246 e. The van der Waals surface area contributed by atoms with Crippen LogP contribution in [-0.2, 0) is 9.59 Å². The predicted molar refractivity (Wildman–Crippen MR) is 88.9 cm³/mol. The second kappa shape index (κ2) is 6.39. The molecule has 1 aliphatic rings. The third kappa shape index (κ3) is 3.11. The van der Waals surface area contributed by atoms with Gasteiger partial charge in [-0.3, -0.25) is 14.5 Å². The molecule has 2 amide bonds. The first-order chi connectivity index (χ1) is 11.2. The smallest absolute Gasteiger partial charge is 0.246 e. The minimum atomic E-state index is -0.278. The summed E-state index contributed by atoms with van der Waals surface area (Å²) in [6.07, 6.45) is 0. The first kappa shape index (κ1) is 14.9. The van der Waals surface area contributed by atoms with E-state index in [4.69, 9.17) is 4.74 Å². The Hall–Kier alpha value is -3.02. The number of para-hydroxylation sites is 4. The molecule has 0 atom stereocenters. The van der Waals surface area contributed by atoms with Gasteiger partial charge in [0.2, 0.25) is 11.8 Å². The molecule has 0 fully saturated rings. The Balaban J connectivity index is 1.76. The fourth-order valence-electron chi connectivity index (χ4n) is 2.51. The minimum Gasteiger partial charge on any atom is -0.495 e. The van der Waals surface area contributed by atoms with Crippen molar-refractivity contribution < 1.29 is 14.3 Å². The molecule has 0 aromatic heterocycles. The van der Waals surface area contributed by atoms with Crippen LogP contribution < -0.4 is 20.3 Å².